The van der Waals surface area contributed by atoms with Crippen molar-refractivity contribution in [3.05, 3.63) is 24.8 Å². The second-order valence-corrected chi connectivity index (χ2v) is 11.1. The number of ether oxygens (including phenoxy) is 2. The van der Waals surface area contributed by atoms with Crippen molar-refractivity contribution in [2.24, 2.45) is 5.92 Å². The summed E-state index contributed by atoms with van der Waals surface area (Å²) >= 11 is 0. The predicted octanol–water partition coefficient (Wildman–Crippen LogP) is 8.35. The first-order chi connectivity index (χ1) is 18.0. The van der Waals surface area contributed by atoms with Gasteiger partial charge in [0, 0.05) is 25.2 Å². The summed E-state index contributed by atoms with van der Waals surface area (Å²) in [6.45, 7) is 5.78. The molecule has 2 saturated heterocycles. The zero-order chi connectivity index (χ0) is 26.8. The molecule has 0 bridgehead atoms. The van der Waals surface area contributed by atoms with Crippen LogP contribution in [0.1, 0.15) is 142 Å². The summed E-state index contributed by atoms with van der Waals surface area (Å²) in [6.07, 6.45) is 26.2. The molecule has 210 valence electrons. The van der Waals surface area contributed by atoms with Crippen LogP contribution in [0.3, 0.4) is 0 Å². The van der Waals surface area contributed by atoms with Gasteiger partial charge in [-0.05, 0) is 89.2 Å². The minimum atomic E-state index is -0.527. The Morgan fingerprint density at radius 3 is 2.43 bits per heavy atom. The second-order valence-electron chi connectivity index (χ2n) is 11.1. The second kappa shape index (κ2) is 18.4. The molecule has 3 atom stereocenters. The quantitative estimate of drug-likeness (QED) is 0.0746. The third-order valence-corrected chi connectivity index (χ3v) is 8.05. The lowest BCUT2D eigenvalue weighted by atomic mass is 9.76. The Morgan fingerprint density at radius 1 is 0.919 bits per heavy atom. The molecule has 0 saturated carbocycles. The molecule has 2 aliphatic rings. The van der Waals surface area contributed by atoms with Crippen molar-refractivity contribution in [3.8, 4) is 0 Å². The van der Waals surface area contributed by atoms with E-state index in [0.29, 0.717) is 25.2 Å². The summed E-state index contributed by atoms with van der Waals surface area (Å²) < 4.78 is 11.9. The molecule has 0 aromatic rings. The Morgan fingerprint density at radius 2 is 1.65 bits per heavy atom. The van der Waals surface area contributed by atoms with E-state index in [9.17, 15) is 14.4 Å². The highest BCUT2D eigenvalue weighted by Crippen LogP contribution is 2.40. The van der Waals surface area contributed by atoms with Gasteiger partial charge in [-0.2, -0.15) is 0 Å². The van der Waals surface area contributed by atoms with Crippen LogP contribution in [0.4, 0.5) is 0 Å². The molecule has 5 nitrogen and oxygen atoms in total. The number of ketones is 1. The fraction of sp³-hybridized carbons (Fsp3) is 0.781. The lowest BCUT2D eigenvalue weighted by molar-refractivity contribution is -0.159. The van der Waals surface area contributed by atoms with E-state index >= 15 is 0 Å². The van der Waals surface area contributed by atoms with Gasteiger partial charge in [0.15, 0.2) is 5.78 Å². The lowest BCUT2D eigenvalue weighted by Crippen LogP contribution is -2.40. The van der Waals surface area contributed by atoms with Crippen molar-refractivity contribution in [2.75, 3.05) is 0 Å². The van der Waals surface area contributed by atoms with Gasteiger partial charge in [0.1, 0.15) is 11.7 Å². The Kier molecular flexibility index (Phi) is 15.5. The molecule has 0 radical (unpaired) electrons. The summed E-state index contributed by atoms with van der Waals surface area (Å²) in [6, 6.07) is 0. The Hall–Kier alpha value is -1.91. The molecule has 37 heavy (non-hydrogen) atoms. The molecule has 0 aromatic carbocycles. The molecule has 0 aliphatic carbocycles. The number of allylic oxidation sites excluding steroid dienone is 2. The van der Waals surface area contributed by atoms with Crippen molar-refractivity contribution >= 4 is 17.7 Å². The number of hydrogen-bond donors (Lipinski definition) is 0. The first kappa shape index (κ1) is 31.3. The summed E-state index contributed by atoms with van der Waals surface area (Å²) in [5.41, 5.74) is -0.527. The highest BCUT2D eigenvalue weighted by Gasteiger charge is 2.41. The largest absolute Gasteiger partial charge is 0.462 e. The van der Waals surface area contributed by atoms with E-state index in [1.807, 2.05) is 0 Å². The van der Waals surface area contributed by atoms with Crippen LogP contribution in [0.25, 0.3) is 0 Å². The summed E-state index contributed by atoms with van der Waals surface area (Å²) in [5, 5.41) is 0. The molecule has 3 unspecified atom stereocenters. The van der Waals surface area contributed by atoms with Gasteiger partial charge in [-0.15, -0.1) is 0 Å². The minimum Gasteiger partial charge on any atom is -0.462 e. The number of cyclic esters (lactones) is 2. The molecule has 0 amide bonds. The first-order valence-corrected chi connectivity index (χ1v) is 15.2. The van der Waals surface area contributed by atoms with Gasteiger partial charge in [-0.1, -0.05) is 58.1 Å². The van der Waals surface area contributed by atoms with Crippen molar-refractivity contribution in [1.82, 2.24) is 0 Å². The van der Waals surface area contributed by atoms with Gasteiger partial charge in [-0.25, -0.2) is 0 Å². The molecular weight excluding hydrogens is 464 g/mol. The van der Waals surface area contributed by atoms with Crippen LogP contribution >= 0.6 is 0 Å². The maximum atomic E-state index is 12.7. The van der Waals surface area contributed by atoms with Crippen molar-refractivity contribution < 1.29 is 23.9 Å². The minimum absolute atomic E-state index is 0.0473. The van der Waals surface area contributed by atoms with Crippen LogP contribution in [-0.2, 0) is 23.9 Å². The van der Waals surface area contributed by atoms with Gasteiger partial charge in [0.25, 0.3) is 0 Å². The number of hydrogen-bond acceptors (Lipinski definition) is 5. The fourth-order valence-electron chi connectivity index (χ4n) is 5.86. The lowest BCUT2D eigenvalue weighted by Gasteiger charge is -2.37. The molecule has 2 aliphatic heterocycles. The number of carbonyl (C=O) groups excluding carboxylic acids is 3. The average Bonchev–Trinajstić information content (AvgIpc) is 3.03. The number of carbonyl (C=O) groups is 3. The Balaban J connectivity index is 2.00. The summed E-state index contributed by atoms with van der Waals surface area (Å²) in [7, 11) is 0. The van der Waals surface area contributed by atoms with Gasteiger partial charge >= 0.3 is 11.9 Å². The molecule has 2 rings (SSSR count). The predicted molar refractivity (Wildman–Crippen MR) is 149 cm³/mol. The van der Waals surface area contributed by atoms with Crippen LogP contribution in [0.2, 0.25) is 0 Å². The van der Waals surface area contributed by atoms with Crippen LogP contribution in [0.5, 0.6) is 0 Å². The summed E-state index contributed by atoms with van der Waals surface area (Å²) in [5.74, 6) is 0.288. The van der Waals surface area contributed by atoms with E-state index in [1.54, 1.807) is 0 Å². The average molecular weight is 517 g/mol. The molecule has 2 fully saturated rings. The number of esters is 2. The topological polar surface area (TPSA) is 69.7 Å². The highest BCUT2D eigenvalue weighted by molar-refractivity contribution is 5.88. The van der Waals surface area contributed by atoms with Gasteiger partial charge in [0.05, 0.1) is 0 Å². The van der Waals surface area contributed by atoms with Crippen LogP contribution < -0.4 is 0 Å². The van der Waals surface area contributed by atoms with E-state index < -0.39 is 5.60 Å². The third-order valence-electron chi connectivity index (χ3n) is 8.05. The molecular formula is C32H52O5. The van der Waals surface area contributed by atoms with E-state index in [2.05, 4.69) is 25.7 Å². The van der Waals surface area contributed by atoms with Crippen molar-refractivity contribution in [3.63, 3.8) is 0 Å². The van der Waals surface area contributed by atoms with Crippen molar-refractivity contribution in [2.45, 2.75) is 153 Å². The Labute approximate surface area is 225 Å². The third kappa shape index (κ3) is 12.5. The normalized spacial score (nSPS) is 24.5. The van der Waals surface area contributed by atoms with E-state index in [1.165, 1.54) is 38.2 Å². The number of rotatable bonds is 19. The van der Waals surface area contributed by atoms with E-state index in [4.69, 9.17) is 9.47 Å². The number of unbranched alkanes of at least 4 members (excludes halogenated alkanes) is 8. The molecule has 5 heteroatoms. The first-order valence-electron chi connectivity index (χ1n) is 15.2. The zero-order valence-corrected chi connectivity index (χ0v) is 23.5. The van der Waals surface area contributed by atoms with Gasteiger partial charge in [0.2, 0.25) is 0 Å². The smallest absolute Gasteiger partial charge is 0.306 e. The molecule has 0 N–H and O–H groups in total. The molecule has 2 heterocycles. The molecule has 0 aromatic heterocycles. The van der Waals surface area contributed by atoms with Crippen molar-refractivity contribution in [1.29, 1.82) is 0 Å². The maximum absolute atomic E-state index is 12.7. The Bertz CT molecular complexity index is 727. The molecule has 0 spiro atoms. The van der Waals surface area contributed by atoms with Crippen LogP contribution in [0.15, 0.2) is 24.8 Å². The monoisotopic (exact) mass is 516 g/mol. The fourth-order valence-corrected chi connectivity index (χ4v) is 5.86. The van der Waals surface area contributed by atoms with Crippen LogP contribution in [-0.4, -0.2) is 29.4 Å². The van der Waals surface area contributed by atoms with E-state index in [-0.39, 0.29) is 23.8 Å². The highest BCUT2D eigenvalue weighted by atomic mass is 16.6. The van der Waals surface area contributed by atoms with Gasteiger partial charge in [-0.3, -0.25) is 14.4 Å². The zero-order valence-electron chi connectivity index (χ0n) is 23.5. The SMILES string of the molecule is C=CC(=O)CCCCCC=CC1(CCCCCCCC)OC(=O)CCCC1CCCC1CCCC(=O)O1. The van der Waals surface area contributed by atoms with Crippen LogP contribution in [0, 0.1) is 5.92 Å². The van der Waals surface area contributed by atoms with Gasteiger partial charge < -0.3 is 9.47 Å². The maximum Gasteiger partial charge on any atom is 0.306 e. The standard InChI is InChI=1S/C32H52O5/c1-3-5-6-7-10-13-25-32(26-14-11-8-9-12-20-28(33)4-2)27(19-16-24-31(35)37-32)18-15-21-29-22-17-23-30(34)36-29/h4,14,26-27,29H,2-3,5-13,15-25H2,1H3. The van der Waals surface area contributed by atoms with E-state index in [0.717, 1.165) is 83.5 Å². The summed E-state index contributed by atoms with van der Waals surface area (Å²) in [4.78, 5) is 35.8.